The predicted octanol–water partition coefficient (Wildman–Crippen LogP) is 5.33. The number of aryl methyl sites for hydroxylation is 1. The van der Waals surface area contributed by atoms with Crippen LogP contribution in [0.3, 0.4) is 0 Å². The molecule has 0 aromatic carbocycles. The highest BCUT2D eigenvalue weighted by atomic mass is 32.1. The number of pyridine rings is 1. The SMILES string of the molecule is COc1cc2c(cn1)NC(/C(C#N)=C/c1cc(C)n(-c3sc(C(C)C)cc3C#N)c1C)N2. The number of methoxy groups -OCH3 is 1. The molecule has 1 aliphatic heterocycles. The lowest BCUT2D eigenvalue weighted by molar-refractivity contribution is 0.398. The summed E-state index contributed by atoms with van der Waals surface area (Å²) in [6, 6.07) is 10.5. The van der Waals surface area contributed by atoms with Crippen LogP contribution in [0.2, 0.25) is 0 Å². The van der Waals surface area contributed by atoms with Crippen molar-refractivity contribution < 1.29 is 4.74 Å². The summed E-state index contributed by atoms with van der Waals surface area (Å²) < 4.78 is 7.29. The Labute approximate surface area is 191 Å². The number of nitrogens with one attached hydrogen (secondary N) is 2. The average molecular weight is 445 g/mol. The molecule has 0 saturated carbocycles. The van der Waals surface area contributed by atoms with E-state index < -0.39 is 0 Å². The highest BCUT2D eigenvalue weighted by Crippen LogP contribution is 2.36. The van der Waals surface area contributed by atoms with Crippen LogP contribution in [0, 0.1) is 36.5 Å². The zero-order valence-corrected chi connectivity index (χ0v) is 19.5. The summed E-state index contributed by atoms with van der Waals surface area (Å²) in [6.07, 6.45) is 3.22. The second-order valence-corrected chi connectivity index (χ2v) is 9.06. The summed E-state index contributed by atoms with van der Waals surface area (Å²) >= 11 is 1.64. The van der Waals surface area contributed by atoms with E-state index in [1.54, 1.807) is 30.7 Å². The summed E-state index contributed by atoms with van der Waals surface area (Å²) in [5, 5.41) is 27.1. The second-order valence-electron chi connectivity index (χ2n) is 8.00. The van der Waals surface area contributed by atoms with Gasteiger partial charge in [0, 0.05) is 22.3 Å². The van der Waals surface area contributed by atoms with Gasteiger partial charge < -0.3 is 19.9 Å². The molecule has 1 aliphatic rings. The molecule has 0 fully saturated rings. The summed E-state index contributed by atoms with van der Waals surface area (Å²) in [4.78, 5) is 5.39. The highest BCUT2D eigenvalue weighted by Gasteiger charge is 2.25. The Balaban J connectivity index is 1.70. The van der Waals surface area contributed by atoms with Gasteiger partial charge in [-0.3, -0.25) is 0 Å². The molecule has 162 valence electrons. The van der Waals surface area contributed by atoms with Crippen molar-refractivity contribution in [1.29, 1.82) is 10.5 Å². The molecule has 4 rings (SSSR count). The van der Waals surface area contributed by atoms with Crippen LogP contribution in [0.1, 0.15) is 47.2 Å². The minimum absolute atomic E-state index is 0.357. The van der Waals surface area contributed by atoms with Crippen LogP contribution in [0.4, 0.5) is 11.4 Å². The Morgan fingerprint density at radius 2 is 1.97 bits per heavy atom. The first-order valence-corrected chi connectivity index (χ1v) is 11.1. The van der Waals surface area contributed by atoms with Gasteiger partial charge in [-0.15, -0.1) is 11.3 Å². The zero-order valence-electron chi connectivity index (χ0n) is 18.6. The van der Waals surface area contributed by atoms with Crippen LogP contribution in [0.25, 0.3) is 11.1 Å². The molecular weight excluding hydrogens is 420 g/mol. The van der Waals surface area contributed by atoms with E-state index >= 15 is 0 Å². The average Bonchev–Trinajstić information content (AvgIpc) is 3.46. The van der Waals surface area contributed by atoms with Crippen molar-refractivity contribution >= 4 is 28.8 Å². The minimum Gasteiger partial charge on any atom is -0.481 e. The molecule has 7 nitrogen and oxygen atoms in total. The topological polar surface area (TPSA) is 98.7 Å². The normalized spacial score (nSPS) is 15.0. The number of hydrogen-bond donors (Lipinski definition) is 2. The molecule has 8 heteroatoms. The van der Waals surface area contributed by atoms with E-state index in [0.29, 0.717) is 22.9 Å². The van der Waals surface area contributed by atoms with Gasteiger partial charge in [0.05, 0.1) is 41.9 Å². The van der Waals surface area contributed by atoms with Crippen LogP contribution in [-0.2, 0) is 0 Å². The Kier molecular flexibility index (Phi) is 5.65. The summed E-state index contributed by atoms with van der Waals surface area (Å²) in [5.41, 5.74) is 5.83. The number of thiophene rings is 1. The number of rotatable bonds is 5. The molecule has 3 aromatic rings. The lowest BCUT2D eigenvalue weighted by Gasteiger charge is -2.11. The van der Waals surface area contributed by atoms with E-state index in [9.17, 15) is 10.5 Å². The van der Waals surface area contributed by atoms with Gasteiger partial charge >= 0.3 is 0 Å². The van der Waals surface area contributed by atoms with Crippen molar-refractivity contribution in [3.8, 4) is 23.0 Å². The molecule has 0 spiro atoms. The Hall–Kier alpha value is -3.75. The van der Waals surface area contributed by atoms with Gasteiger partial charge in [-0.25, -0.2) is 4.98 Å². The molecule has 32 heavy (non-hydrogen) atoms. The van der Waals surface area contributed by atoms with Crippen molar-refractivity contribution in [1.82, 2.24) is 9.55 Å². The van der Waals surface area contributed by atoms with Crippen molar-refractivity contribution in [2.75, 3.05) is 17.7 Å². The van der Waals surface area contributed by atoms with Crippen molar-refractivity contribution in [3.63, 3.8) is 0 Å². The summed E-state index contributed by atoms with van der Waals surface area (Å²) in [7, 11) is 1.57. The molecule has 1 atom stereocenters. The molecule has 0 bridgehead atoms. The first-order chi connectivity index (χ1) is 15.4. The number of ether oxygens (including phenoxy) is 1. The molecular formula is C24H24N6OS. The Bertz CT molecular complexity index is 1300. The maximum absolute atomic E-state index is 9.87. The van der Waals surface area contributed by atoms with E-state index in [-0.39, 0.29) is 6.17 Å². The van der Waals surface area contributed by atoms with Gasteiger partial charge in [0.1, 0.15) is 17.2 Å². The highest BCUT2D eigenvalue weighted by molar-refractivity contribution is 7.14. The predicted molar refractivity (Wildman–Crippen MR) is 127 cm³/mol. The quantitative estimate of drug-likeness (QED) is 0.517. The lowest BCUT2D eigenvalue weighted by Crippen LogP contribution is -2.23. The third-order valence-electron chi connectivity index (χ3n) is 5.53. The van der Waals surface area contributed by atoms with E-state index in [4.69, 9.17) is 4.74 Å². The van der Waals surface area contributed by atoms with Gasteiger partial charge in [0.2, 0.25) is 5.88 Å². The molecule has 2 N–H and O–H groups in total. The number of anilines is 2. The molecule has 0 saturated heterocycles. The molecule has 3 aromatic heterocycles. The van der Waals surface area contributed by atoms with Crippen molar-refractivity contribution in [2.24, 2.45) is 0 Å². The summed E-state index contributed by atoms with van der Waals surface area (Å²) in [6.45, 7) is 8.30. The standard InChI is InChI=1S/C24H24N6OS/c1-13(2)21-8-18(11-26)24(32-21)30-14(3)6-16(15(30)4)7-17(10-25)23-28-19-9-22(31-5)27-12-20(19)29-23/h6-9,12-13,23,28-29H,1-5H3/b17-7+. The van der Waals surface area contributed by atoms with Crippen LogP contribution in [0.5, 0.6) is 5.88 Å². The second kappa shape index (κ2) is 8.41. The van der Waals surface area contributed by atoms with Crippen molar-refractivity contribution in [2.45, 2.75) is 39.8 Å². The fourth-order valence-corrected chi connectivity index (χ4v) is 5.03. The Morgan fingerprint density at radius 3 is 2.62 bits per heavy atom. The largest absolute Gasteiger partial charge is 0.481 e. The lowest BCUT2D eigenvalue weighted by atomic mass is 10.1. The van der Waals surface area contributed by atoms with Gasteiger partial charge in [-0.2, -0.15) is 10.5 Å². The first-order valence-electron chi connectivity index (χ1n) is 10.3. The fraction of sp³-hybridized carbons (Fsp3) is 0.292. The van der Waals surface area contributed by atoms with Crippen LogP contribution in [0.15, 0.2) is 30.0 Å². The van der Waals surface area contributed by atoms with E-state index in [0.717, 1.165) is 33.3 Å². The van der Waals surface area contributed by atoms with Gasteiger partial charge in [0.15, 0.2) is 0 Å². The van der Waals surface area contributed by atoms with Crippen molar-refractivity contribution in [3.05, 3.63) is 57.4 Å². The molecule has 0 amide bonds. The molecule has 4 heterocycles. The van der Waals surface area contributed by atoms with E-state index in [1.807, 2.05) is 26.0 Å². The maximum atomic E-state index is 9.87. The van der Waals surface area contributed by atoms with Crippen LogP contribution < -0.4 is 15.4 Å². The maximum Gasteiger partial charge on any atom is 0.215 e. The Morgan fingerprint density at radius 1 is 1.22 bits per heavy atom. The number of hydrogen-bond acceptors (Lipinski definition) is 7. The van der Waals surface area contributed by atoms with E-state index in [1.165, 1.54) is 4.88 Å². The minimum atomic E-state index is -0.365. The van der Waals surface area contributed by atoms with E-state index in [2.05, 4.69) is 52.2 Å². The summed E-state index contributed by atoms with van der Waals surface area (Å²) in [5.74, 6) is 0.866. The smallest absolute Gasteiger partial charge is 0.215 e. The number of fused-ring (bicyclic) bond motifs is 1. The van der Waals surface area contributed by atoms with Gasteiger partial charge in [-0.05, 0) is 43.5 Å². The number of nitrogens with zero attached hydrogens (tertiary/aromatic N) is 4. The van der Waals surface area contributed by atoms with Crippen LogP contribution >= 0.6 is 11.3 Å². The molecule has 1 unspecified atom stereocenters. The van der Waals surface area contributed by atoms with Crippen LogP contribution in [-0.4, -0.2) is 22.8 Å². The number of aromatic nitrogens is 2. The van der Waals surface area contributed by atoms with Gasteiger partial charge in [0.25, 0.3) is 0 Å². The first kappa shape index (κ1) is 21.5. The third kappa shape index (κ3) is 3.70. The number of nitriles is 2. The molecule has 0 radical (unpaired) electrons. The monoisotopic (exact) mass is 444 g/mol. The zero-order chi connectivity index (χ0) is 23.0. The fourth-order valence-electron chi connectivity index (χ4n) is 3.81. The third-order valence-corrected chi connectivity index (χ3v) is 6.95. The molecule has 0 aliphatic carbocycles. The van der Waals surface area contributed by atoms with Gasteiger partial charge in [-0.1, -0.05) is 13.8 Å².